The van der Waals surface area contributed by atoms with Gasteiger partial charge in [0.15, 0.2) is 5.78 Å². The van der Waals surface area contributed by atoms with Crippen LogP contribution in [0.2, 0.25) is 0 Å². The first-order chi connectivity index (χ1) is 21.4. The molecule has 0 spiro atoms. The molecule has 6 rings (SSSR count). The fourth-order valence-corrected chi connectivity index (χ4v) is 5.81. The van der Waals surface area contributed by atoms with Gasteiger partial charge in [-0.1, -0.05) is 0 Å². The molecule has 0 unspecified atom stereocenters. The Bertz CT molecular complexity index is 1610. The van der Waals surface area contributed by atoms with Crippen LogP contribution in [0.3, 0.4) is 0 Å². The Hall–Kier alpha value is -4.70. The zero-order chi connectivity index (χ0) is 30.5. The van der Waals surface area contributed by atoms with Crippen molar-refractivity contribution in [3.63, 3.8) is 0 Å². The van der Waals surface area contributed by atoms with E-state index in [0.29, 0.717) is 47.2 Å². The molecule has 2 fully saturated rings. The van der Waals surface area contributed by atoms with Crippen molar-refractivity contribution in [3.05, 3.63) is 102 Å². The molecule has 1 aliphatic carbocycles. The molecule has 0 bridgehead atoms. The number of nitrogens with one attached hydrogen (secondary N) is 1. The van der Waals surface area contributed by atoms with E-state index < -0.39 is 0 Å². The molecule has 3 heterocycles. The highest BCUT2D eigenvalue weighted by Crippen LogP contribution is 2.39. The lowest BCUT2D eigenvalue weighted by molar-refractivity contribution is 0.0589. The van der Waals surface area contributed by atoms with Gasteiger partial charge >= 0.3 is 0 Å². The van der Waals surface area contributed by atoms with E-state index in [-0.39, 0.29) is 23.7 Å². The fraction of sp³-hybridized carbons (Fsp3) is 0.265. The molecule has 44 heavy (non-hydrogen) atoms. The van der Waals surface area contributed by atoms with Crippen LogP contribution in [-0.4, -0.2) is 56.9 Å². The summed E-state index contributed by atoms with van der Waals surface area (Å²) in [4.78, 5) is 48.8. The number of rotatable bonds is 10. The van der Waals surface area contributed by atoms with Crippen LogP contribution in [0.4, 0.5) is 5.69 Å². The molecule has 1 aliphatic heterocycles. The van der Waals surface area contributed by atoms with Crippen LogP contribution in [0.1, 0.15) is 63.8 Å². The minimum Gasteiger partial charge on any atom is -0.490 e. The number of ether oxygens (including phenoxy) is 2. The quantitative estimate of drug-likeness (QED) is 0.199. The van der Waals surface area contributed by atoms with Crippen molar-refractivity contribution in [3.8, 4) is 17.4 Å². The molecule has 4 aromatic rings. The van der Waals surface area contributed by atoms with E-state index in [1.807, 2.05) is 23.9 Å². The van der Waals surface area contributed by atoms with Crippen molar-refractivity contribution in [2.45, 2.75) is 48.9 Å². The number of Topliss-reactive ketones (excluding diaryl/α,β-unsaturated/α-hetero) is 1. The molecule has 2 aromatic heterocycles. The SMILES string of the molecule is CC(=O)c1ccc(Oc2ccc(NC(=O)c3ccc(C(=O)N4CCC(Oc5ccc(SC6CC6)cc5)CC4)nc3)cn2)cc1. The number of aromatic nitrogens is 2. The first-order valence-corrected chi connectivity index (χ1v) is 15.5. The number of pyridine rings is 2. The fourth-order valence-electron chi connectivity index (χ4n) is 4.76. The summed E-state index contributed by atoms with van der Waals surface area (Å²) in [7, 11) is 0. The molecule has 1 saturated carbocycles. The van der Waals surface area contributed by atoms with E-state index in [1.54, 1.807) is 53.4 Å². The average molecular weight is 609 g/mol. The summed E-state index contributed by atoms with van der Waals surface area (Å²) >= 11 is 1.93. The van der Waals surface area contributed by atoms with E-state index in [4.69, 9.17) is 9.47 Å². The summed E-state index contributed by atoms with van der Waals surface area (Å²) < 4.78 is 11.9. The highest BCUT2D eigenvalue weighted by molar-refractivity contribution is 8.00. The Morgan fingerprint density at radius 3 is 2.11 bits per heavy atom. The van der Waals surface area contributed by atoms with Crippen molar-refractivity contribution in [2.24, 2.45) is 0 Å². The number of piperidine rings is 1. The summed E-state index contributed by atoms with van der Waals surface area (Å²) in [6.07, 6.45) is 7.06. The lowest BCUT2D eigenvalue weighted by atomic mass is 10.1. The number of anilines is 1. The second-order valence-electron chi connectivity index (χ2n) is 10.9. The van der Waals surface area contributed by atoms with Crippen LogP contribution in [0.25, 0.3) is 0 Å². The normalized spacial score (nSPS) is 15.0. The molecule has 2 amide bonds. The number of hydrogen-bond donors (Lipinski definition) is 1. The van der Waals surface area contributed by atoms with Gasteiger partial charge in [-0.25, -0.2) is 4.98 Å². The van der Waals surface area contributed by atoms with Crippen molar-refractivity contribution in [1.82, 2.24) is 14.9 Å². The molecule has 224 valence electrons. The molecular weight excluding hydrogens is 576 g/mol. The molecule has 2 aromatic carbocycles. The van der Waals surface area contributed by atoms with E-state index in [9.17, 15) is 14.4 Å². The van der Waals surface area contributed by atoms with Crippen LogP contribution in [0, 0.1) is 0 Å². The topological polar surface area (TPSA) is 111 Å². The van der Waals surface area contributed by atoms with Crippen LogP contribution in [-0.2, 0) is 0 Å². The first kappa shape index (κ1) is 29.4. The van der Waals surface area contributed by atoms with E-state index in [0.717, 1.165) is 23.8 Å². The van der Waals surface area contributed by atoms with Crippen LogP contribution in [0.5, 0.6) is 17.4 Å². The van der Waals surface area contributed by atoms with Gasteiger partial charge in [-0.05, 0) is 86.5 Å². The number of hydrogen-bond acceptors (Lipinski definition) is 8. The van der Waals surface area contributed by atoms with Gasteiger partial charge in [0, 0.05) is 53.9 Å². The third-order valence-electron chi connectivity index (χ3n) is 7.41. The highest BCUT2D eigenvalue weighted by atomic mass is 32.2. The van der Waals surface area contributed by atoms with Gasteiger partial charge in [0.2, 0.25) is 5.88 Å². The Morgan fingerprint density at radius 2 is 1.50 bits per heavy atom. The van der Waals surface area contributed by atoms with Gasteiger partial charge in [0.25, 0.3) is 11.8 Å². The molecule has 1 saturated heterocycles. The summed E-state index contributed by atoms with van der Waals surface area (Å²) in [5, 5.41) is 3.55. The third kappa shape index (κ3) is 7.62. The van der Waals surface area contributed by atoms with Gasteiger partial charge in [-0.3, -0.25) is 19.4 Å². The van der Waals surface area contributed by atoms with Gasteiger partial charge in [0.1, 0.15) is 23.3 Å². The Morgan fingerprint density at radius 1 is 0.795 bits per heavy atom. The largest absolute Gasteiger partial charge is 0.490 e. The Kier molecular flexibility index (Phi) is 8.88. The number of amides is 2. The van der Waals surface area contributed by atoms with Crippen molar-refractivity contribution >= 4 is 35.0 Å². The second kappa shape index (κ2) is 13.3. The lowest BCUT2D eigenvalue weighted by Gasteiger charge is -2.32. The first-order valence-electron chi connectivity index (χ1n) is 14.6. The Labute approximate surface area is 260 Å². The number of likely N-dealkylation sites (tertiary alicyclic amines) is 1. The molecule has 10 heteroatoms. The van der Waals surface area contributed by atoms with Crippen LogP contribution < -0.4 is 14.8 Å². The molecule has 0 atom stereocenters. The molecule has 0 radical (unpaired) electrons. The third-order valence-corrected chi connectivity index (χ3v) is 8.75. The number of thioether (sulfide) groups is 1. The van der Waals surface area contributed by atoms with E-state index >= 15 is 0 Å². The number of benzene rings is 2. The maximum Gasteiger partial charge on any atom is 0.272 e. The maximum atomic E-state index is 13.1. The van der Waals surface area contributed by atoms with Gasteiger partial charge in [-0.15, -0.1) is 11.8 Å². The van der Waals surface area contributed by atoms with Crippen molar-refractivity contribution in [1.29, 1.82) is 0 Å². The number of carbonyl (C=O) groups is 3. The van der Waals surface area contributed by atoms with Gasteiger partial charge in [-0.2, -0.15) is 0 Å². The number of ketones is 1. The van der Waals surface area contributed by atoms with Crippen molar-refractivity contribution < 1.29 is 23.9 Å². The average Bonchev–Trinajstić information content (AvgIpc) is 3.87. The summed E-state index contributed by atoms with van der Waals surface area (Å²) in [5.41, 5.74) is 1.69. The zero-order valence-corrected chi connectivity index (χ0v) is 25.1. The zero-order valence-electron chi connectivity index (χ0n) is 24.3. The minimum atomic E-state index is -0.371. The molecule has 1 N–H and O–H groups in total. The summed E-state index contributed by atoms with van der Waals surface area (Å²) in [6.45, 7) is 2.67. The van der Waals surface area contributed by atoms with E-state index in [1.165, 1.54) is 37.1 Å². The number of nitrogens with zero attached hydrogens (tertiary/aromatic N) is 3. The predicted octanol–water partition coefficient (Wildman–Crippen LogP) is 6.66. The highest BCUT2D eigenvalue weighted by Gasteiger charge is 2.26. The minimum absolute atomic E-state index is 0.0206. The second-order valence-corrected chi connectivity index (χ2v) is 12.2. The van der Waals surface area contributed by atoms with E-state index in [2.05, 4.69) is 27.4 Å². The van der Waals surface area contributed by atoms with Gasteiger partial charge in [0.05, 0.1) is 17.4 Å². The maximum absolute atomic E-state index is 13.1. The standard InChI is InChI=1S/C34H32N4O5S/c1-22(39)23-2-6-27(7-3-23)43-32-15-5-25(21-36-32)37-33(40)24-4-14-31(35-20-24)34(41)38-18-16-28(17-19-38)42-26-8-10-29(11-9-26)44-30-12-13-30/h2-11,14-15,20-21,28,30H,12-13,16-19H2,1H3,(H,37,40). The molecular formula is C34H32N4O5S. The monoisotopic (exact) mass is 608 g/mol. The lowest BCUT2D eigenvalue weighted by Crippen LogP contribution is -2.42. The van der Waals surface area contributed by atoms with Gasteiger partial charge < -0.3 is 19.7 Å². The van der Waals surface area contributed by atoms with Crippen LogP contribution in [0.15, 0.2) is 90.1 Å². The summed E-state index contributed by atoms with van der Waals surface area (Å²) in [5.74, 6) is 1.20. The Balaban J connectivity index is 0.961. The number of carbonyl (C=O) groups excluding carboxylic acids is 3. The van der Waals surface area contributed by atoms with Crippen LogP contribution >= 0.6 is 11.8 Å². The molecule has 9 nitrogen and oxygen atoms in total. The predicted molar refractivity (Wildman–Crippen MR) is 168 cm³/mol. The van der Waals surface area contributed by atoms with Crippen molar-refractivity contribution in [2.75, 3.05) is 18.4 Å². The summed E-state index contributed by atoms with van der Waals surface area (Å²) in [6, 6.07) is 21.5. The molecule has 2 aliphatic rings. The smallest absolute Gasteiger partial charge is 0.272 e.